The lowest BCUT2D eigenvalue weighted by molar-refractivity contribution is -0.141. The number of halogens is 3. The van der Waals surface area contributed by atoms with Crippen molar-refractivity contribution < 1.29 is 17.9 Å². The molecule has 21 heavy (non-hydrogen) atoms. The van der Waals surface area contributed by atoms with Gasteiger partial charge in [-0.15, -0.1) is 0 Å². The van der Waals surface area contributed by atoms with Crippen LogP contribution in [0.1, 0.15) is 23.7 Å². The molecule has 1 aromatic heterocycles. The minimum atomic E-state index is -4.50. The number of nitrogens with one attached hydrogen (secondary N) is 1. The van der Waals surface area contributed by atoms with E-state index in [4.69, 9.17) is 4.74 Å². The Morgan fingerprint density at radius 1 is 1.24 bits per heavy atom. The molecule has 0 spiro atoms. The molecule has 2 rings (SSSR count). The molecule has 0 aliphatic rings. The van der Waals surface area contributed by atoms with Crippen molar-refractivity contribution in [2.45, 2.75) is 26.9 Å². The first-order valence-electron chi connectivity index (χ1n) is 6.60. The third-order valence-electron chi connectivity index (χ3n) is 3.40. The molecule has 1 heterocycles. The van der Waals surface area contributed by atoms with E-state index in [9.17, 15) is 13.2 Å². The zero-order valence-electron chi connectivity index (χ0n) is 12.4. The van der Waals surface area contributed by atoms with E-state index < -0.39 is 11.9 Å². The van der Waals surface area contributed by atoms with Gasteiger partial charge in [0.1, 0.15) is 17.0 Å². The van der Waals surface area contributed by atoms with Crippen molar-refractivity contribution >= 4 is 16.6 Å². The van der Waals surface area contributed by atoms with Gasteiger partial charge in [0.25, 0.3) is 0 Å². The Morgan fingerprint density at radius 3 is 2.43 bits per heavy atom. The largest absolute Gasteiger partial charge is 0.494 e. The Morgan fingerprint density at radius 2 is 1.90 bits per heavy atom. The number of ether oxygens (including phenoxy) is 1. The van der Waals surface area contributed by atoms with Crippen LogP contribution < -0.4 is 10.1 Å². The van der Waals surface area contributed by atoms with E-state index >= 15 is 0 Å². The van der Waals surface area contributed by atoms with Crippen molar-refractivity contribution in [1.29, 1.82) is 0 Å². The predicted octanol–water partition coefficient (Wildman–Crippen LogP) is 4.31. The van der Waals surface area contributed by atoms with Crippen LogP contribution in [0.2, 0.25) is 0 Å². The van der Waals surface area contributed by atoms with Crippen LogP contribution in [0.15, 0.2) is 12.1 Å². The molecule has 0 aliphatic heterocycles. The van der Waals surface area contributed by atoms with E-state index in [1.165, 1.54) is 14.0 Å². The maximum absolute atomic E-state index is 13.2. The molecule has 0 unspecified atom stereocenters. The summed E-state index contributed by atoms with van der Waals surface area (Å²) in [5.41, 5.74) is 0.770. The summed E-state index contributed by atoms with van der Waals surface area (Å²) >= 11 is 0. The molecule has 114 valence electrons. The first-order valence-corrected chi connectivity index (χ1v) is 6.60. The van der Waals surface area contributed by atoms with Gasteiger partial charge in [0.2, 0.25) is 0 Å². The fourth-order valence-corrected chi connectivity index (χ4v) is 2.44. The summed E-state index contributed by atoms with van der Waals surface area (Å²) in [6, 6.07) is 3.45. The van der Waals surface area contributed by atoms with Crippen molar-refractivity contribution in [1.82, 2.24) is 4.98 Å². The lowest BCUT2D eigenvalue weighted by Gasteiger charge is -2.19. The number of alkyl halides is 3. The number of fused-ring (bicyclic) bond motifs is 1. The zero-order chi connectivity index (χ0) is 15.8. The van der Waals surface area contributed by atoms with Crippen molar-refractivity contribution in [3.8, 4) is 5.75 Å². The summed E-state index contributed by atoms with van der Waals surface area (Å²) in [6.45, 7) is 5.64. The van der Waals surface area contributed by atoms with Gasteiger partial charge in [0, 0.05) is 23.2 Å². The summed E-state index contributed by atoms with van der Waals surface area (Å²) in [7, 11) is 1.42. The lowest BCUT2D eigenvalue weighted by atomic mass is 10.0. The van der Waals surface area contributed by atoms with Crippen LogP contribution in [-0.4, -0.2) is 18.6 Å². The van der Waals surface area contributed by atoms with Gasteiger partial charge in [-0.3, -0.25) is 0 Å². The van der Waals surface area contributed by atoms with Gasteiger partial charge in [-0.1, -0.05) is 6.07 Å². The average molecular weight is 298 g/mol. The van der Waals surface area contributed by atoms with Gasteiger partial charge in [0.15, 0.2) is 0 Å². The molecule has 0 saturated heterocycles. The quantitative estimate of drug-likeness (QED) is 0.916. The third-order valence-corrected chi connectivity index (χ3v) is 3.40. The van der Waals surface area contributed by atoms with Gasteiger partial charge in [-0.05, 0) is 32.4 Å². The van der Waals surface area contributed by atoms with Crippen LogP contribution in [0.4, 0.5) is 18.9 Å². The number of hydrogen-bond acceptors (Lipinski definition) is 3. The smallest absolute Gasteiger partial charge is 0.433 e. The van der Waals surface area contributed by atoms with E-state index in [0.717, 1.165) is 5.56 Å². The standard InChI is InChI=1S/C15H17F3N2O/c1-5-19-12-9(3)14(15(16,17)18)20-13-10(21-4)7-6-8(2)11(12)13/h6-7H,5H2,1-4H3,(H,19,20). The van der Waals surface area contributed by atoms with Crippen molar-refractivity contribution in [2.75, 3.05) is 19.0 Å². The summed E-state index contributed by atoms with van der Waals surface area (Å²) in [6.07, 6.45) is -4.50. The lowest BCUT2D eigenvalue weighted by Crippen LogP contribution is -2.14. The normalized spacial score (nSPS) is 11.8. The second-order valence-corrected chi connectivity index (χ2v) is 4.80. The second-order valence-electron chi connectivity index (χ2n) is 4.80. The van der Waals surface area contributed by atoms with Gasteiger partial charge >= 0.3 is 6.18 Å². The highest BCUT2D eigenvalue weighted by atomic mass is 19.4. The van der Waals surface area contributed by atoms with Crippen LogP contribution in [0.3, 0.4) is 0 Å². The predicted molar refractivity (Wildman–Crippen MR) is 76.9 cm³/mol. The van der Waals surface area contributed by atoms with Crippen LogP contribution in [0.5, 0.6) is 5.75 Å². The average Bonchev–Trinajstić information content (AvgIpc) is 2.40. The molecule has 1 aromatic carbocycles. The van der Waals surface area contributed by atoms with Gasteiger partial charge in [-0.2, -0.15) is 13.2 Å². The molecule has 3 nitrogen and oxygen atoms in total. The molecular weight excluding hydrogens is 281 g/mol. The van der Waals surface area contributed by atoms with E-state index in [1.54, 1.807) is 6.07 Å². The van der Waals surface area contributed by atoms with Crippen LogP contribution in [-0.2, 0) is 6.18 Å². The molecule has 0 bridgehead atoms. The molecule has 0 atom stereocenters. The fraction of sp³-hybridized carbons (Fsp3) is 0.400. The molecule has 0 amide bonds. The van der Waals surface area contributed by atoms with Crippen molar-refractivity contribution in [2.24, 2.45) is 0 Å². The molecular formula is C15H17F3N2O. The van der Waals surface area contributed by atoms with Gasteiger partial charge < -0.3 is 10.1 Å². The highest BCUT2D eigenvalue weighted by Gasteiger charge is 2.36. The number of rotatable bonds is 3. The molecule has 0 saturated carbocycles. The van der Waals surface area contributed by atoms with Crippen molar-refractivity contribution in [3.63, 3.8) is 0 Å². The Bertz CT molecular complexity index is 681. The summed E-state index contributed by atoms with van der Waals surface area (Å²) in [4.78, 5) is 3.83. The minimum absolute atomic E-state index is 0.105. The number of pyridine rings is 1. The maximum Gasteiger partial charge on any atom is 0.433 e. The highest BCUT2D eigenvalue weighted by molar-refractivity contribution is 5.99. The SMILES string of the molecule is CCNc1c(C)c(C(F)(F)F)nc2c(OC)ccc(C)c12. The first kappa shape index (κ1) is 15.4. The van der Waals surface area contributed by atoms with Crippen LogP contribution >= 0.6 is 0 Å². The van der Waals surface area contributed by atoms with Crippen LogP contribution in [0.25, 0.3) is 10.9 Å². The number of methoxy groups -OCH3 is 1. The van der Waals surface area contributed by atoms with Crippen LogP contribution in [0, 0.1) is 13.8 Å². The molecule has 1 N–H and O–H groups in total. The summed E-state index contributed by atoms with van der Waals surface area (Å²) < 4.78 is 44.8. The first-order chi connectivity index (χ1) is 9.81. The second kappa shape index (κ2) is 5.42. The number of hydrogen-bond donors (Lipinski definition) is 1. The summed E-state index contributed by atoms with van der Waals surface area (Å²) in [5, 5.41) is 3.70. The van der Waals surface area contributed by atoms with Gasteiger partial charge in [0.05, 0.1) is 7.11 Å². The molecule has 6 heteroatoms. The Kier molecular flexibility index (Phi) is 3.98. The molecule has 0 aliphatic carbocycles. The Labute approximate surface area is 121 Å². The van der Waals surface area contributed by atoms with E-state index in [2.05, 4.69) is 10.3 Å². The monoisotopic (exact) mass is 298 g/mol. The number of aromatic nitrogens is 1. The number of anilines is 1. The van der Waals surface area contributed by atoms with E-state index in [-0.39, 0.29) is 11.1 Å². The van der Waals surface area contributed by atoms with Gasteiger partial charge in [-0.25, -0.2) is 4.98 Å². The Balaban J connectivity index is 2.96. The molecule has 0 radical (unpaired) electrons. The molecule has 0 fully saturated rings. The zero-order valence-corrected chi connectivity index (χ0v) is 12.4. The number of aryl methyl sites for hydroxylation is 1. The molecule has 2 aromatic rings. The third kappa shape index (κ3) is 2.62. The van der Waals surface area contributed by atoms with E-state index in [1.807, 2.05) is 19.9 Å². The topological polar surface area (TPSA) is 34.2 Å². The Hall–Kier alpha value is -1.98. The van der Waals surface area contributed by atoms with Crippen molar-refractivity contribution in [3.05, 3.63) is 29.0 Å². The number of nitrogens with zero attached hydrogens (tertiary/aromatic N) is 1. The van der Waals surface area contributed by atoms with E-state index in [0.29, 0.717) is 23.4 Å². The fourth-order valence-electron chi connectivity index (χ4n) is 2.44. The minimum Gasteiger partial charge on any atom is -0.494 e. The number of benzene rings is 1. The maximum atomic E-state index is 13.2. The highest BCUT2D eigenvalue weighted by Crippen LogP contribution is 2.40. The summed E-state index contributed by atoms with van der Waals surface area (Å²) in [5.74, 6) is 0.334.